The molecular formula is C13H17ClN2O2S. The summed E-state index contributed by atoms with van der Waals surface area (Å²) in [5.74, 6) is 1.69. The maximum atomic E-state index is 12.0. The van der Waals surface area contributed by atoms with E-state index in [9.17, 15) is 4.79 Å². The molecule has 1 aromatic rings. The molecule has 104 valence electrons. The standard InChI is InChI=1S/C13H17ClN2O2S/c1-2-18-13(17)10-7-9(15)8-11(14)12(10)16-3-5-19-6-4-16/h7-8H,2-6,15H2,1H3. The van der Waals surface area contributed by atoms with E-state index in [4.69, 9.17) is 22.1 Å². The summed E-state index contributed by atoms with van der Waals surface area (Å²) in [4.78, 5) is 14.2. The SMILES string of the molecule is CCOC(=O)c1cc(N)cc(Cl)c1N1CCSCC1. The molecule has 1 aromatic carbocycles. The molecule has 1 fully saturated rings. The van der Waals surface area contributed by atoms with Gasteiger partial charge >= 0.3 is 5.97 Å². The lowest BCUT2D eigenvalue weighted by Gasteiger charge is -2.30. The predicted molar refractivity (Wildman–Crippen MR) is 81.4 cm³/mol. The van der Waals surface area contributed by atoms with Crippen molar-refractivity contribution in [3.05, 3.63) is 22.7 Å². The van der Waals surface area contributed by atoms with Gasteiger partial charge < -0.3 is 15.4 Å². The molecule has 0 bridgehead atoms. The second kappa shape index (κ2) is 6.39. The number of ether oxygens (including phenoxy) is 1. The van der Waals surface area contributed by atoms with Gasteiger partial charge in [0.05, 0.1) is 22.9 Å². The van der Waals surface area contributed by atoms with E-state index in [0.29, 0.717) is 22.9 Å². The molecule has 19 heavy (non-hydrogen) atoms. The number of carbonyl (C=O) groups excluding carboxylic acids is 1. The van der Waals surface area contributed by atoms with Crippen LogP contribution >= 0.6 is 23.4 Å². The van der Waals surface area contributed by atoms with E-state index >= 15 is 0 Å². The molecule has 1 aliphatic rings. The summed E-state index contributed by atoms with van der Waals surface area (Å²) >= 11 is 8.18. The van der Waals surface area contributed by atoms with Crippen LogP contribution in [0.3, 0.4) is 0 Å². The van der Waals surface area contributed by atoms with Crippen molar-refractivity contribution in [3.63, 3.8) is 0 Å². The molecule has 2 N–H and O–H groups in total. The lowest BCUT2D eigenvalue weighted by molar-refractivity contribution is 0.0527. The van der Waals surface area contributed by atoms with Gasteiger partial charge in [0.15, 0.2) is 0 Å². The van der Waals surface area contributed by atoms with Gasteiger partial charge in [0.25, 0.3) is 0 Å². The summed E-state index contributed by atoms with van der Waals surface area (Å²) in [5, 5.41) is 0.509. The number of hydrogen-bond acceptors (Lipinski definition) is 5. The number of nitrogens with two attached hydrogens (primary N) is 1. The van der Waals surface area contributed by atoms with E-state index in [1.54, 1.807) is 19.1 Å². The minimum absolute atomic E-state index is 0.334. The van der Waals surface area contributed by atoms with Gasteiger partial charge in [0.2, 0.25) is 0 Å². The van der Waals surface area contributed by atoms with E-state index in [1.807, 2.05) is 11.8 Å². The zero-order chi connectivity index (χ0) is 13.8. The Morgan fingerprint density at radius 1 is 1.47 bits per heavy atom. The van der Waals surface area contributed by atoms with Crippen LogP contribution in [0.1, 0.15) is 17.3 Å². The average Bonchev–Trinajstić information content (AvgIpc) is 2.39. The van der Waals surface area contributed by atoms with Crippen molar-refractivity contribution in [1.82, 2.24) is 0 Å². The van der Waals surface area contributed by atoms with Crippen LogP contribution < -0.4 is 10.6 Å². The molecule has 0 radical (unpaired) electrons. The number of esters is 1. The highest BCUT2D eigenvalue weighted by atomic mass is 35.5. The smallest absolute Gasteiger partial charge is 0.340 e. The Kier molecular flexibility index (Phi) is 4.82. The van der Waals surface area contributed by atoms with E-state index in [-0.39, 0.29) is 5.97 Å². The largest absolute Gasteiger partial charge is 0.462 e. The zero-order valence-corrected chi connectivity index (χ0v) is 12.4. The molecule has 0 amide bonds. The van der Waals surface area contributed by atoms with Crippen molar-refractivity contribution >= 4 is 40.7 Å². The van der Waals surface area contributed by atoms with Crippen LogP contribution in [-0.2, 0) is 4.74 Å². The number of benzene rings is 1. The fraction of sp³-hybridized carbons (Fsp3) is 0.462. The summed E-state index contributed by atoms with van der Waals surface area (Å²) in [6.45, 7) is 3.87. The van der Waals surface area contributed by atoms with Crippen LogP contribution in [0.5, 0.6) is 0 Å². The maximum absolute atomic E-state index is 12.0. The number of hydrogen-bond donors (Lipinski definition) is 1. The van der Waals surface area contributed by atoms with E-state index in [2.05, 4.69) is 4.90 Å². The minimum Gasteiger partial charge on any atom is -0.462 e. The molecule has 1 saturated heterocycles. The Balaban J connectivity index is 2.41. The highest BCUT2D eigenvalue weighted by Gasteiger charge is 2.23. The topological polar surface area (TPSA) is 55.6 Å². The first-order chi connectivity index (χ1) is 9.13. The number of carbonyl (C=O) groups is 1. The first kappa shape index (κ1) is 14.3. The van der Waals surface area contributed by atoms with Crippen LogP contribution in [-0.4, -0.2) is 37.2 Å². The molecule has 0 atom stereocenters. The monoisotopic (exact) mass is 300 g/mol. The van der Waals surface area contributed by atoms with Crippen LogP contribution in [0, 0.1) is 0 Å². The molecule has 1 heterocycles. The number of halogens is 1. The third-order valence-electron chi connectivity index (χ3n) is 2.91. The summed E-state index contributed by atoms with van der Waals surface area (Å²) < 4.78 is 5.08. The Morgan fingerprint density at radius 2 is 2.16 bits per heavy atom. The van der Waals surface area contributed by atoms with Crippen molar-refractivity contribution in [3.8, 4) is 0 Å². The van der Waals surface area contributed by atoms with E-state index in [1.165, 1.54) is 0 Å². The highest BCUT2D eigenvalue weighted by Crippen LogP contribution is 2.34. The summed E-state index contributed by atoms with van der Waals surface area (Å²) in [7, 11) is 0. The lowest BCUT2D eigenvalue weighted by Crippen LogP contribution is -2.34. The average molecular weight is 301 g/mol. The second-order valence-electron chi connectivity index (χ2n) is 4.22. The van der Waals surface area contributed by atoms with Crippen LogP contribution in [0.4, 0.5) is 11.4 Å². The number of nitrogen functional groups attached to an aromatic ring is 1. The van der Waals surface area contributed by atoms with Crippen LogP contribution in [0.2, 0.25) is 5.02 Å². The van der Waals surface area contributed by atoms with Crippen molar-refractivity contribution in [1.29, 1.82) is 0 Å². The van der Waals surface area contributed by atoms with Gasteiger partial charge in [0.1, 0.15) is 0 Å². The first-order valence-electron chi connectivity index (χ1n) is 6.22. The third kappa shape index (κ3) is 3.28. The normalized spacial score (nSPS) is 15.4. The lowest BCUT2D eigenvalue weighted by atomic mass is 10.1. The predicted octanol–water partition coefficient (Wildman–Crippen LogP) is 2.65. The molecular weight excluding hydrogens is 284 g/mol. The molecule has 2 rings (SSSR count). The van der Waals surface area contributed by atoms with Crippen LogP contribution in [0.15, 0.2) is 12.1 Å². The second-order valence-corrected chi connectivity index (χ2v) is 5.85. The molecule has 0 unspecified atom stereocenters. The molecule has 6 heteroatoms. The first-order valence-corrected chi connectivity index (χ1v) is 7.75. The Morgan fingerprint density at radius 3 is 2.79 bits per heavy atom. The van der Waals surface area contributed by atoms with Crippen molar-refractivity contribution in [2.75, 3.05) is 41.8 Å². The molecule has 0 spiro atoms. The van der Waals surface area contributed by atoms with Crippen LogP contribution in [0.25, 0.3) is 0 Å². The Hall–Kier alpha value is -1.07. The van der Waals surface area contributed by atoms with Gasteiger partial charge in [0, 0.05) is 30.3 Å². The van der Waals surface area contributed by atoms with E-state index in [0.717, 1.165) is 30.3 Å². The van der Waals surface area contributed by atoms with Gasteiger partial charge in [-0.3, -0.25) is 0 Å². The van der Waals surface area contributed by atoms with E-state index < -0.39 is 0 Å². The highest BCUT2D eigenvalue weighted by molar-refractivity contribution is 7.99. The summed E-state index contributed by atoms with van der Waals surface area (Å²) in [5.41, 5.74) is 7.45. The quantitative estimate of drug-likeness (QED) is 0.687. The minimum atomic E-state index is -0.370. The molecule has 0 aromatic heterocycles. The molecule has 1 aliphatic heterocycles. The molecule has 0 aliphatic carbocycles. The number of thioether (sulfide) groups is 1. The van der Waals surface area contributed by atoms with Crippen molar-refractivity contribution < 1.29 is 9.53 Å². The number of anilines is 2. The summed E-state index contributed by atoms with van der Waals surface area (Å²) in [6, 6.07) is 3.32. The molecule has 0 saturated carbocycles. The van der Waals surface area contributed by atoms with Gasteiger partial charge in [-0.15, -0.1) is 0 Å². The fourth-order valence-electron chi connectivity index (χ4n) is 2.09. The van der Waals surface area contributed by atoms with Gasteiger partial charge in [-0.2, -0.15) is 11.8 Å². The van der Waals surface area contributed by atoms with Crippen molar-refractivity contribution in [2.24, 2.45) is 0 Å². The zero-order valence-electron chi connectivity index (χ0n) is 10.8. The number of nitrogens with zero attached hydrogens (tertiary/aromatic N) is 1. The molecule has 4 nitrogen and oxygen atoms in total. The summed E-state index contributed by atoms with van der Waals surface area (Å²) in [6.07, 6.45) is 0. The fourth-order valence-corrected chi connectivity index (χ4v) is 3.34. The number of rotatable bonds is 3. The van der Waals surface area contributed by atoms with Crippen molar-refractivity contribution in [2.45, 2.75) is 6.92 Å². The Labute approximate surface area is 122 Å². The maximum Gasteiger partial charge on any atom is 0.340 e. The van der Waals surface area contributed by atoms with Gasteiger partial charge in [-0.05, 0) is 19.1 Å². The van der Waals surface area contributed by atoms with Gasteiger partial charge in [-0.1, -0.05) is 11.6 Å². The Bertz CT molecular complexity index is 476. The third-order valence-corrected chi connectivity index (χ3v) is 4.14. The van der Waals surface area contributed by atoms with Gasteiger partial charge in [-0.25, -0.2) is 4.79 Å².